The van der Waals surface area contributed by atoms with Crippen LogP contribution in [0.2, 0.25) is 0 Å². The van der Waals surface area contributed by atoms with E-state index >= 15 is 0 Å². The molecular formula is C11H18N4O4. The molecule has 8 heteroatoms. The van der Waals surface area contributed by atoms with Gasteiger partial charge in [-0.05, 0) is 12.3 Å². The summed E-state index contributed by atoms with van der Waals surface area (Å²) >= 11 is 0. The summed E-state index contributed by atoms with van der Waals surface area (Å²) in [6.45, 7) is 3.87. The fourth-order valence-corrected chi connectivity index (χ4v) is 1.43. The minimum atomic E-state index is -0.966. The predicted octanol–water partition coefficient (Wildman–Crippen LogP) is 0.800. The van der Waals surface area contributed by atoms with Gasteiger partial charge in [0.25, 0.3) is 0 Å². The lowest BCUT2D eigenvalue weighted by Gasteiger charge is -2.16. The molecule has 0 aromatic carbocycles. The topological polar surface area (TPSA) is 106 Å². The van der Waals surface area contributed by atoms with Crippen LogP contribution in [-0.2, 0) is 4.79 Å². The van der Waals surface area contributed by atoms with Crippen LogP contribution in [0.5, 0.6) is 12.0 Å². The number of nitrogens with zero attached hydrogens (tertiary/aromatic N) is 3. The second-order valence-electron chi connectivity index (χ2n) is 4.30. The van der Waals surface area contributed by atoms with Gasteiger partial charge in [0.1, 0.15) is 6.04 Å². The fourth-order valence-electron chi connectivity index (χ4n) is 1.43. The van der Waals surface area contributed by atoms with Crippen LogP contribution >= 0.6 is 0 Å². The van der Waals surface area contributed by atoms with E-state index in [1.165, 1.54) is 14.2 Å². The van der Waals surface area contributed by atoms with Crippen molar-refractivity contribution in [3.63, 3.8) is 0 Å². The molecule has 8 nitrogen and oxygen atoms in total. The Bertz CT molecular complexity index is 416. The maximum Gasteiger partial charge on any atom is 0.326 e. The fraction of sp³-hybridized carbons (Fsp3) is 0.636. The maximum atomic E-state index is 11.2. The Morgan fingerprint density at radius 1 is 1.21 bits per heavy atom. The average Bonchev–Trinajstić information content (AvgIpc) is 2.36. The number of carboxylic acids is 1. The van der Waals surface area contributed by atoms with Crippen LogP contribution in [0.1, 0.15) is 20.3 Å². The molecule has 0 aliphatic rings. The van der Waals surface area contributed by atoms with Gasteiger partial charge in [0.05, 0.1) is 14.2 Å². The van der Waals surface area contributed by atoms with E-state index in [9.17, 15) is 4.79 Å². The quantitative estimate of drug-likeness (QED) is 0.749. The lowest BCUT2D eigenvalue weighted by atomic mass is 10.0. The molecule has 1 aromatic heterocycles. The number of anilines is 1. The Kier molecular flexibility index (Phi) is 5.28. The summed E-state index contributed by atoms with van der Waals surface area (Å²) < 4.78 is 9.78. The van der Waals surface area contributed by atoms with Crippen molar-refractivity contribution in [2.75, 3.05) is 19.5 Å². The molecule has 1 aromatic rings. The van der Waals surface area contributed by atoms with Gasteiger partial charge in [0, 0.05) is 0 Å². The van der Waals surface area contributed by atoms with Crippen LogP contribution in [0, 0.1) is 5.92 Å². The molecule has 0 radical (unpaired) electrons. The third-order valence-electron chi connectivity index (χ3n) is 2.27. The molecule has 0 amide bonds. The summed E-state index contributed by atoms with van der Waals surface area (Å²) in [7, 11) is 2.81. The first-order chi connectivity index (χ1) is 8.96. The molecule has 0 spiro atoms. The van der Waals surface area contributed by atoms with Crippen molar-refractivity contribution in [1.82, 2.24) is 15.0 Å². The molecule has 0 aliphatic heterocycles. The van der Waals surface area contributed by atoms with Crippen molar-refractivity contribution >= 4 is 11.9 Å². The van der Waals surface area contributed by atoms with E-state index in [1.807, 2.05) is 13.8 Å². The normalized spacial score (nSPS) is 12.1. The highest BCUT2D eigenvalue weighted by atomic mass is 16.5. The molecular weight excluding hydrogens is 252 g/mol. The van der Waals surface area contributed by atoms with Crippen molar-refractivity contribution in [2.24, 2.45) is 5.92 Å². The van der Waals surface area contributed by atoms with E-state index in [2.05, 4.69) is 20.3 Å². The van der Waals surface area contributed by atoms with E-state index in [1.54, 1.807) is 0 Å². The van der Waals surface area contributed by atoms with Gasteiger partial charge >= 0.3 is 18.0 Å². The second kappa shape index (κ2) is 6.72. The molecule has 19 heavy (non-hydrogen) atoms. The van der Waals surface area contributed by atoms with Crippen LogP contribution in [0.15, 0.2) is 0 Å². The van der Waals surface area contributed by atoms with Crippen molar-refractivity contribution in [2.45, 2.75) is 26.3 Å². The van der Waals surface area contributed by atoms with Crippen molar-refractivity contribution in [3.05, 3.63) is 0 Å². The standard InChI is InChI=1S/C11H18N4O4/c1-6(2)5-7(8(16)17)12-9-13-10(18-3)15-11(14-9)19-4/h6-7H,5H2,1-4H3,(H,16,17)(H,12,13,14,15). The number of hydrogen-bond donors (Lipinski definition) is 2. The van der Waals surface area contributed by atoms with E-state index < -0.39 is 12.0 Å². The minimum absolute atomic E-state index is 0.0584. The minimum Gasteiger partial charge on any atom is -0.480 e. The van der Waals surface area contributed by atoms with Gasteiger partial charge in [-0.15, -0.1) is 4.98 Å². The van der Waals surface area contributed by atoms with E-state index in [4.69, 9.17) is 14.6 Å². The van der Waals surface area contributed by atoms with Gasteiger partial charge in [-0.25, -0.2) is 4.79 Å². The van der Waals surface area contributed by atoms with Crippen LogP contribution in [-0.4, -0.2) is 46.3 Å². The number of carboxylic acid groups (broad SMARTS) is 1. The van der Waals surface area contributed by atoms with Gasteiger partial charge < -0.3 is 19.9 Å². The highest BCUT2D eigenvalue weighted by Crippen LogP contribution is 2.15. The predicted molar refractivity (Wildman–Crippen MR) is 67.4 cm³/mol. The van der Waals surface area contributed by atoms with Crippen molar-refractivity contribution in [3.8, 4) is 12.0 Å². The van der Waals surface area contributed by atoms with Crippen LogP contribution in [0.3, 0.4) is 0 Å². The van der Waals surface area contributed by atoms with Gasteiger partial charge in [0.15, 0.2) is 0 Å². The summed E-state index contributed by atoms with van der Waals surface area (Å²) in [6, 6.07) is -0.664. The van der Waals surface area contributed by atoms with E-state index in [0.717, 1.165) is 0 Å². The highest BCUT2D eigenvalue weighted by molar-refractivity contribution is 5.76. The summed E-state index contributed by atoms with van der Waals surface area (Å²) in [5.41, 5.74) is 0. The first-order valence-electron chi connectivity index (χ1n) is 5.79. The van der Waals surface area contributed by atoms with Gasteiger partial charge in [-0.3, -0.25) is 0 Å². The largest absolute Gasteiger partial charge is 0.480 e. The van der Waals surface area contributed by atoms with E-state index in [-0.39, 0.29) is 23.9 Å². The lowest BCUT2D eigenvalue weighted by Crippen LogP contribution is -2.31. The smallest absolute Gasteiger partial charge is 0.326 e. The average molecular weight is 270 g/mol. The monoisotopic (exact) mass is 270 g/mol. The zero-order valence-corrected chi connectivity index (χ0v) is 11.4. The number of hydrogen-bond acceptors (Lipinski definition) is 7. The highest BCUT2D eigenvalue weighted by Gasteiger charge is 2.20. The van der Waals surface area contributed by atoms with Crippen molar-refractivity contribution in [1.29, 1.82) is 0 Å². The summed E-state index contributed by atoms with van der Waals surface area (Å²) in [5, 5.41) is 11.9. The Labute approximate surface area is 111 Å². The van der Waals surface area contributed by atoms with Gasteiger partial charge in [-0.1, -0.05) is 13.8 Å². The number of aromatic nitrogens is 3. The number of carbonyl (C=O) groups is 1. The third kappa shape index (κ3) is 4.57. The molecule has 2 N–H and O–H groups in total. The first-order valence-corrected chi connectivity index (χ1v) is 5.79. The Hall–Kier alpha value is -2.12. The molecule has 1 rings (SSSR count). The molecule has 1 heterocycles. The summed E-state index contributed by atoms with van der Waals surface area (Å²) in [6.07, 6.45) is 0.450. The summed E-state index contributed by atoms with van der Waals surface area (Å²) in [4.78, 5) is 22.8. The molecule has 0 saturated carbocycles. The van der Waals surface area contributed by atoms with Crippen molar-refractivity contribution < 1.29 is 19.4 Å². The van der Waals surface area contributed by atoms with Crippen LogP contribution < -0.4 is 14.8 Å². The number of rotatable bonds is 7. The first kappa shape index (κ1) is 14.9. The zero-order valence-electron chi connectivity index (χ0n) is 11.4. The Morgan fingerprint density at radius 3 is 2.11 bits per heavy atom. The third-order valence-corrected chi connectivity index (χ3v) is 2.27. The van der Waals surface area contributed by atoms with Gasteiger partial charge in [0.2, 0.25) is 5.95 Å². The van der Waals surface area contributed by atoms with Gasteiger partial charge in [-0.2, -0.15) is 9.97 Å². The number of aliphatic carboxylic acids is 1. The Balaban J connectivity index is 2.91. The zero-order chi connectivity index (χ0) is 14.4. The van der Waals surface area contributed by atoms with Crippen LogP contribution in [0.4, 0.5) is 5.95 Å². The number of methoxy groups -OCH3 is 2. The second-order valence-corrected chi connectivity index (χ2v) is 4.30. The van der Waals surface area contributed by atoms with Crippen LogP contribution in [0.25, 0.3) is 0 Å². The molecule has 0 saturated heterocycles. The summed E-state index contributed by atoms with van der Waals surface area (Å²) in [5.74, 6) is -0.636. The maximum absolute atomic E-state index is 11.2. The SMILES string of the molecule is COc1nc(NC(CC(C)C)C(=O)O)nc(OC)n1. The molecule has 0 fully saturated rings. The molecule has 1 atom stereocenters. The number of nitrogens with one attached hydrogen (secondary N) is 1. The van der Waals surface area contributed by atoms with E-state index in [0.29, 0.717) is 6.42 Å². The molecule has 0 bridgehead atoms. The lowest BCUT2D eigenvalue weighted by molar-refractivity contribution is -0.138. The molecule has 0 aliphatic carbocycles. The Morgan fingerprint density at radius 2 is 1.74 bits per heavy atom. The number of ether oxygens (including phenoxy) is 2. The molecule has 106 valence electrons. The molecule has 1 unspecified atom stereocenters.